The molecule has 2 aromatic rings. The molecule has 0 aliphatic carbocycles. The number of alkyl halides is 3. The monoisotopic (exact) mass is 284 g/mol. The largest absolute Gasteiger partial charge is 0.416 e. The third-order valence-electron chi connectivity index (χ3n) is 2.76. The topological polar surface area (TPSA) is 17.1 Å². The van der Waals surface area contributed by atoms with Gasteiger partial charge in [0.05, 0.1) is 5.56 Å². The van der Waals surface area contributed by atoms with Crippen molar-refractivity contribution in [3.8, 4) is 0 Å². The standard InChI is InChI=1S/C14H11F3OS/c1-8-7-12(9(2)19-8)13(18)10-3-5-11(6-4-10)14(15,16)17/h3-7H,1-2H3. The molecule has 0 saturated carbocycles. The van der Waals surface area contributed by atoms with Gasteiger partial charge in [-0.3, -0.25) is 4.79 Å². The Morgan fingerprint density at radius 2 is 1.68 bits per heavy atom. The lowest BCUT2D eigenvalue weighted by atomic mass is 10.0. The first-order valence-electron chi connectivity index (χ1n) is 5.58. The van der Waals surface area contributed by atoms with Gasteiger partial charge in [-0.2, -0.15) is 13.2 Å². The minimum atomic E-state index is -4.38. The Morgan fingerprint density at radius 3 is 2.11 bits per heavy atom. The zero-order valence-corrected chi connectivity index (χ0v) is 11.2. The van der Waals surface area contributed by atoms with Crippen molar-refractivity contribution in [2.75, 3.05) is 0 Å². The van der Waals surface area contributed by atoms with Gasteiger partial charge in [0.1, 0.15) is 0 Å². The van der Waals surface area contributed by atoms with Gasteiger partial charge in [0, 0.05) is 20.9 Å². The number of halogens is 3. The fourth-order valence-electron chi connectivity index (χ4n) is 1.82. The highest BCUT2D eigenvalue weighted by molar-refractivity contribution is 7.12. The smallest absolute Gasteiger partial charge is 0.289 e. The van der Waals surface area contributed by atoms with Crippen LogP contribution in [-0.4, -0.2) is 5.78 Å². The van der Waals surface area contributed by atoms with E-state index in [1.165, 1.54) is 23.5 Å². The first kappa shape index (κ1) is 13.8. The molecular formula is C14H11F3OS. The minimum absolute atomic E-state index is 0.240. The number of rotatable bonds is 2. The second-order valence-corrected chi connectivity index (χ2v) is 5.69. The summed E-state index contributed by atoms with van der Waals surface area (Å²) in [7, 11) is 0. The lowest BCUT2D eigenvalue weighted by molar-refractivity contribution is -0.137. The molecule has 1 aromatic carbocycles. The Hall–Kier alpha value is -1.62. The van der Waals surface area contributed by atoms with Gasteiger partial charge in [0.2, 0.25) is 0 Å². The third-order valence-corrected chi connectivity index (χ3v) is 3.73. The Kier molecular flexibility index (Phi) is 3.49. The van der Waals surface area contributed by atoms with Gasteiger partial charge in [0.15, 0.2) is 5.78 Å². The average Bonchev–Trinajstić information content (AvgIpc) is 2.66. The molecule has 0 aliphatic heterocycles. The van der Waals surface area contributed by atoms with Crippen molar-refractivity contribution in [1.82, 2.24) is 0 Å². The molecule has 0 spiro atoms. The second-order valence-electron chi connectivity index (χ2n) is 4.23. The molecule has 1 heterocycles. The number of carbonyl (C=O) groups excluding carboxylic acids is 1. The summed E-state index contributed by atoms with van der Waals surface area (Å²) >= 11 is 1.50. The molecule has 100 valence electrons. The Bertz CT molecular complexity index is 609. The summed E-state index contributed by atoms with van der Waals surface area (Å²) in [5, 5.41) is 0. The van der Waals surface area contributed by atoms with Crippen LogP contribution in [0.1, 0.15) is 31.2 Å². The molecule has 5 heteroatoms. The van der Waals surface area contributed by atoms with E-state index in [0.717, 1.165) is 21.9 Å². The van der Waals surface area contributed by atoms with Crippen molar-refractivity contribution in [1.29, 1.82) is 0 Å². The van der Waals surface area contributed by atoms with E-state index in [1.54, 1.807) is 6.07 Å². The maximum atomic E-state index is 12.4. The summed E-state index contributed by atoms with van der Waals surface area (Å²) in [4.78, 5) is 14.1. The maximum absolute atomic E-state index is 12.4. The summed E-state index contributed by atoms with van der Waals surface area (Å²) in [6.07, 6.45) is -4.38. The molecular weight excluding hydrogens is 273 g/mol. The second kappa shape index (κ2) is 4.81. The van der Waals surface area contributed by atoms with E-state index in [2.05, 4.69) is 0 Å². The molecule has 1 nitrogen and oxygen atoms in total. The van der Waals surface area contributed by atoms with Gasteiger partial charge in [-0.15, -0.1) is 11.3 Å². The lowest BCUT2D eigenvalue weighted by Crippen LogP contribution is -2.06. The maximum Gasteiger partial charge on any atom is 0.416 e. The highest BCUT2D eigenvalue weighted by atomic mass is 32.1. The van der Waals surface area contributed by atoms with Crippen LogP contribution in [0.15, 0.2) is 30.3 Å². The van der Waals surface area contributed by atoms with E-state index in [1.807, 2.05) is 13.8 Å². The minimum Gasteiger partial charge on any atom is -0.289 e. The van der Waals surface area contributed by atoms with Crippen LogP contribution in [0.25, 0.3) is 0 Å². The lowest BCUT2D eigenvalue weighted by Gasteiger charge is -2.07. The van der Waals surface area contributed by atoms with Gasteiger partial charge in [-0.25, -0.2) is 0 Å². The summed E-state index contributed by atoms with van der Waals surface area (Å²) in [6.45, 7) is 3.72. The van der Waals surface area contributed by atoms with Gasteiger partial charge < -0.3 is 0 Å². The van der Waals surface area contributed by atoms with Crippen molar-refractivity contribution in [3.63, 3.8) is 0 Å². The van der Waals surface area contributed by atoms with Crippen molar-refractivity contribution in [3.05, 3.63) is 56.8 Å². The third kappa shape index (κ3) is 2.87. The molecule has 19 heavy (non-hydrogen) atoms. The molecule has 0 radical (unpaired) electrons. The summed E-state index contributed by atoms with van der Waals surface area (Å²) in [6, 6.07) is 6.07. The van der Waals surface area contributed by atoms with Crippen LogP contribution < -0.4 is 0 Å². The van der Waals surface area contributed by atoms with Crippen LogP contribution >= 0.6 is 11.3 Å². The Morgan fingerprint density at radius 1 is 1.11 bits per heavy atom. The quantitative estimate of drug-likeness (QED) is 0.736. The molecule has 0 unspecified atom stereocenters. The number of hydrogen-bond acceptors (Lipinski definition) is 2. The molecule has 1 aromatic heterocycles. The number of hydrogen-bond donors (Lipinski definition) is 0. The van der Waals surface area contributed by atoms with Crippen LogP contribution in [0.3, 0.4) is 0 Å². The van der Waals surface area contributed by atoms with E-state index >= 15 is 0 Å². The van der Waals surface area contributed by atoms with E-state index in [0.29, 0.717) is 5.56 Å². The van der Waals surface area contributed by atoms with E-state index in [4.69, 9.17) is 0 Å². The molecule has 0 atom stereocenters. The molecule has 2 rings (SSSR count). The van der Waals surface area contributed by atoms with E-state index in [9.17, 15) is 18.0 Å². The Balaban J connectivity index is 2.33. The van der Waals surface area contributed by atoms with Crippen LogP contribution in [0.2, 0.25) is 0 Å². The van der Waals surface area contributed by atoms with Crippen molar-refractivity contribution >= 4 is 17.1 Å². The van der Waals surface area contributed by atoms with Crippen LogP contribution in [0, 0.1) is 13.8 Å². The first-order valence-corrected chi connectivity index (χ1v) is 6.39. The van der Waals surface area contributed by atoms with Crippen LogP contribution in [0.5, 0.6) is 0 Å². The van der Waals surface area contributed by atoms with Gasteiger partial charge in [0.25, 0.3) is 0 Å². The van der Waals surface area contributed by atoms with Crippen LogP contribution in [-0.2, 0) is 6.18 Å². The number of thiophene rings is 1. The number of benzene rings is 1. The highest BCUT2D eigenvalue weighted by Crippen LogP contribution is 2.30. The molecule has 0 aliphatic rings. The molecule has 0 amide bonds. The van der Waals surface area contributed by atoms with E-state index < -0.39 is 11.7 Å². The van der Waals surface area contributed by atoms with Crippen molar-refractivity contribution in [2.24, 2.45) is 0 Å². The molecule has 0 fully saturated rings. The summed E-state index contributed by atoms with van der Waals surface area (Å²) < 4.78 is 37.3. The Labute approximate surface area is 112 Å². The van der Waals surface area contributed by atoms with Gasteiger partial charge >= 0.3 is 6.18 Å². The summed E-state index contributed by atoms with van der Waals surface area (Å²) in [5.41, 5.74) is 0.0819. The average molecular weight is 284 g/mol. The fourth-order valence-corrected chi connectivity index (χ4v) is 2.74. The van der Waals surface area contributed by atoms with E-state index in [-0.39, 0.29) is 11.3 Å². The first-order chi connectivity index (χ1) is 8.79. The normalized spacial score (nSPS) is 11.6. The summed E-state index contributed by atoms with van der Waals surface area (Å²) in [5.74, 6) is -0.240. The zero-order valence-electron chi connectivity index (χ0n) is 10.3. The van der Waals surface area contributed by atoms with Crippen molar-refractivity contribution in [2.45, 2.75) is 20.0 Å². The molecule has 0 saturated heterocycles. The molecule has 0 N–H and O–H groups in total. The van der Waals surface area contributed by atoms with Gasteiger partial charge in [-0.1, -0.05) is 12.1 Å². The zero-order chi connectivity index (χ0) is 14.2. The SMILES string of the molecule is Cc1cc(C(=O)c2ccc(C(F)(F)F)cc2)c(C)s1. The number of carbonyl (C=O) groups is 1. The number of aryl methyl sites for hydroxylation is 2. The predicted octanol–water partition coefficient (Wildman–Crippen LogP) is 4.61. The predicted molar refractivity (Wildman–Crippen MR) is 68.7 cm³/mol. The highest BCUT2D eigenvalue weighted by Gasteiger charge is 2.30. The number of ketones is 1. The molecule has 0 bridgehead atoms. The van der Waals surface area contributed by atoms with Gasteiger partial charge in [-0.05, 0) is 32.0 Å². The van der Waals surface area contributed by atoms with Crippen molar-refractivity contribution < 1.29 is 18.0 Å². The fraction of sp³-hybridized carbons (Fsp3) is 0.214. The van der Waals surface area contributed by atoms with Crippen LogP contribution in [0.4, 0.5) is 13.2 Å².